The summed E-state index contributed by atoms with van der Waals surface area (Å²) in [7, 11) is 0. The lowest BCUT2D eigenvalue weighted by atomic mass is 10.1. The lowest BCUT2D eigenvalue weighted by molar-refractivity contribution is -0.274. The van der Waals surface area contributed by atoms with Gasteiger partial charge in [-0.25, -0.2) is 0 Å². The van der Waals surface area contributed by atoms with Crippen LogP contribution in [0.2, 0.25) is 0 Å². The van der Waals surface area contributed by atoms with Crippen molar-refractivity contribution in [3.05, 3.63) is 28.2 Å². The summed E-state index contributed by atoms with van der Waals surface area (Å²) in [6.07, 6.45) is -4.47. The highest BCUT2D eigenvalue weighted by Crippen LogP contribution is 2.29. The van der Waals surface area contributed by atoms with Gasteiger partial charge in [0, 0.05) is 17.1 Å². The zero-order chi connectivity index (χ0) is 13.1. The molecule has 8 heteroatoms. The van der Waals surface area contributed by atoms with Crippen molar-refractivity contribution in [2.24, 2.45) is 5.73 Å². The van der Waals surface area contributed by atoms with Crippen LogP contribution in [0.15, 0.2) is 22.7 Å². The van der Waals surface area contributed by atoms with Crippen molar-refractivity contribution in [3.63, 3.8) is 0 Å². The minimum atomic E-state index is -4.74. The molecule has 3 nitrogen and oxygen atoms in total. The number of aliphatic hydroxyl groups excluding tert-OH is 1. The molecule has 3 N–H and O–H groups in total. The van der Waals surface area contributed by atoms with Crippen LogP contribution >= 0.6 is 28.3 Å². The van der Waals surface area contributed by atoms with Crippen molar-refractivity contribution in [3.8, 4) is 5.75 Å². The zero-order valence-corrected chi connectivity index (χ0v) is 11.5. The summed E-state index contributed by atoms with van der Waals surface area (Å²) < 4.78 is 40.4. The van der Waals surface area contributed by atoms with Crippen molar-refractivity contribution in [2.75, 3.05) is 6.61 Å². The Morgan fingerprint density at radius 2 is 1.94 bits per heavy atom. The first-order chi connectivity index (χ1) is 7.81. The number of ether oxygens (including phenoxy) is 1. The van der Waals surface area contributed by atoms with Gasteiger partial charge in [0.1, 0.15) is 5.75 Å². The molecule has 18 heavy (non-hydrogen) atoms. The van der Waals surface area contributed by atoms with E-state index in [0.717, 1.165) is 0 Å². The summed E-state index contributed by atoms with van der Waals surface area (Å²) >= 11 is 3.07. The minimum absolute atomic E-state index is 0. The molecule has 104 valence electrons. The van der Waals surface area contributed by atoms with Crippen molar-refractivity contribution in [2.45, 2.75) is 18.8 Å². The Balaban J connectivity index is 0.00000289. The molecule has 0 aromatic heterocycles. The average Bonchev–Trinajstić information content (AvgIpc) is 2.14. The van der Waals surface area contributed by atoms with E-state index in [2.05, 4.69) is 20.7 Å². The summed E-state index contributed by atoms with van der Waals surface area (Å²) in [5, 5.41) is 8.72. The first kappa shape index (κ1) is 17.5. The van der Waals surface area contributed by atoms with Crippen molar-refractivity contribution in [1.82, 2.24) is 0 Å². The molecule has 0 spiro atoms. The fourth-order valence-electron chi connectivity index (χ4n) is 1.30. The number of hydrogen-bond donors (Lipinski definition) is 2. The number of hydrogen-bond acceptors (Lipinski definition) is 3. The molecule has 0 fully saturated rings. The van der Waals surface area contributed by atoms with E-state index < -0.39 is 12.4 Å². The standard InChI is InChI=1S/C10H11BrF3NO2.ClH/c11-7-3-6(9(15)1-2-16)4-8(5-7)17-10(12,13)14;/h3-5,9,16H,1-2,15H2;1H/t9-;/m0./s1. The van der Waals surface area contributed by atoms with Crippen LogP contribution in [-0.2, 0) is 0 Å². The Morgan fingerprint density at radius 1 is 1.33 bits per heavy atom. The Morgan fingerprint density at radius 3 is 2.44 bits per heavy atom. The van der Waals surface area contributed by atoms with E-state index in [9.17, 15) is 13.2 Å². The third kappa shape index (κ3) is 5.90. The summed E-state index contributed by atoms with van der Waals surface area (Å²) in [6.45, 7) is -0.136. The van der Waals surface area contributed by atoms with Gasteiger partial charge in [-0.1, -0.05) is 15.9 Å². The number of nitrogens with two attached hydrogens (primary N) is 1. The Hall–Kier alpha value is -0.500. The maximum atomic E-state index is 12.0. The number of rotatable bonds is 4. The summed E-state index contributed by atoms with van der Waals surface area (Å²) in [4.78, 5) is 0. The second-order valence-electron chi connectivity index (χ2n) is 3.39. The average molecular weight is 351 g/mol. The first-order valence-electron chi connectivity index (χ1n) is 4.74. The van der Waals surface area contributed by atoms with Gasteiger partial charge in [0.2, 0.25) is 0 Å². The van der Waals surface area contributed by atoms with Crippen LogP contribution in [0.1, 0.15) is 18.0 Å². The Bertz CT molecular complexity index is 390. The van der Waals surface area contributed by atoms with Crippen LogP contribution in [-0.4, -0.2) is 18.1 Å². The Kier molecular flexibility index (Phi) is 6.98. The topological polar surface area (TPSA) is 55.5 Å². The SMILES string of the molecule is Cl.N[C@@H](CCO)c1cc(Br)cc(OC(F)(F)F)c1. The highest BCUT2D eigenvalue weighted by molar-refractivity contribution is 9.10. The van der Waals surface area contributed by atoms with E-state index >= 15 is 0 Å². The molecule has 1 atom stereocenters. The van der Waals surface area contributed by atoms with Gasteiger partial charge >= 0.3 is 6.36 Å². The van der Waals surface area contributed by atoms with Crippen molar-refractivity contribution >= 4 is 28.3 Å². The number of alkyl halides is 3. The summed E-state index contributed by atoms with van der Waals surface area (Å²) in [6, 6.07) is 3.46. The molecule has 0 aliphatic heterocycles. The van der Waals surface area contributed by atoms with E-state index in [-0.39, 0.29) is 31.2 Å². The summed E-state index contributed by atoms with van der Waals surface area (Å²) in [5.74, 6) is -0.338. The zero-order valence-electron chi connectivity index (χ0n) is 9.08. The third-order valence-corrected chi connectivity index (χ3v) is 2.45. The lowest BCUT2D eigenvalue weighted by Gasteiger charge is -2.14. The molecule has 1 aromatic carbocycles. The number of benzene rings is 1. The normalized spacial score (nSPS) is 12.8. The van der Waals surface area contributed by atoms with Gasteiger partial charge in [-0.2, -0.15) is 0 Å². The van der Waals surface area contributed by atoms with Crippen molar-refractivity contribution < 1.29 is 23.0 Å². The molecular weight excluding hydrogens is 338 g/mol. The van der Waals surface area contributed by atoms with Gasteiger partial charge in [-0.05, 0) is 30.2 Å². The molecule has 0 aliphatic rings. The molecule has 0 radical (unpaired) electrons. The molecule has 0 aliphatic carbocycles. The molecule has 0 heterocycles. The van der Waals surface area contributed by atoms with Crippen LogP contribution in [0.3, 0.4) is 0 Å². The van der Waals surface area contributed by atoms with Crippen LogP contribution < -0.4 is 10.5 Å². The van der Waals surface area contributed by atoms with E-state index in [0.29, 0.717) is 10.0 Å². The molecule has 1 aromatic rings. The Labute approximate surface area is 117 Å². The number of halogens is 5. The monoisotopic (exact) mass is 349 g/mol. The first-order valence-corrected chi connectivity index (χ1v) is 5.54. The molecule has 1 rings (SSSR count). The lowest BCUT2D eigenvalue weighted by Crippen LogP contribution is -2.18. The summed E-state index contributed by atoms with van der Waals surface area (Å²) in [5.41, 5.74) is 6.15. The second-order valence-corrected chi connectivity index (χ2v) is 4.30. The van der Waals surface area contributed by atoms with E-state index in [1.807, 2.05) is 0 Å². The van der Waals surface area contributed by atoms with Gasteiger partial charge in [-0.3, -0.25) is 0 Å². The fraction of sp³-hybridized carbons (Fsp3) is 0.400. The highest BCUT2D eigenvalue weighted by Gasteiger charge is 2.31. The van der Waals surface area contributed by atoms with Crippen LogP contribution in [0, 0.1) is 0 Å². The van der Waals surface area contributed by atoms with Crippen LogP contribution in [0.4, 0.5) is 13.2 Å². The molecular formula is C10H12BrClF3NO2. The smallest absolute Gasteiger partial charge is 0.406 e. The highest BCUT2D eigenvalue weighted by atomic mass is 79.9. The van der Waals surface area contributed by atoms with Gasteiger partial charge in [0.15, 0.2) is 0 Å². The molecule has 0 bridgehead atoms. The third-order valence-electron chi connectivity index (χ3n) is 2.00. The minimum Gasteiger partial charge on any atom is -0.406 e. The van der Waals surface area contributed by atoms with E-state index in [1.54, 1.807) is 6.07 Å². The van der Waals surface area contributed by atoms with E-state index in [1.165, 1.54) is 12.1 Å². The van der Waals surface area contributed by atoms with Gasteiger partial charge in [0.25, 0.3) is 0 Å². The molecule has 0 amide bonds. The van der Waals surface area contributed by atoms with Crippen LogP contribution in [0.5, 0.6) is 5.75 Å². The van der Waals surface area contributed by atoms with Crippen LogP contribution in [0.25, 0.3) is 0 Å². The van der Waals surface area contributed by atoms with Gasteiger partial charge in [-0.15, -0.1) is 25.6 Å². The van der Waals surface area contributed by atoms with Gasteiger partial charge < -0.3 is 15.6 Å². The van der Waals surface area contributed by atoms with Gasteiger partial charge in [0.05, 0.1) is 0 Å². The van der Waals surface area contributed by atoms with Crippen molar-refractivity contribution in [1.29, 1.82) is 0 Å². The fourth-order valence-corrected chi connectivity index (χ4v) is 1.79. The van der Waals surface area contributed by atoms with E-state index in [4.69, 9.17) is 10.8 Å². The second kappa shape index (κ2) is 7.18. The largest absolute Gasteiger partial charge is 0.573 e. The predicted octanol–water partition coefficient (Wildman–Crippen LogP) is 3.15. The maximum Gasteiger partial charge on any atom is 0.573 e. The molecule has 0 saturated carbocycles. The maximum absolute atomic E-state index is 12.0. The predicted molar refractivity (Wildman–Crippen MR) is 66.7 cm³/mol. The quantitative estimate of drug-likeness (QED) is 0.877. The molecule has 0 saturated heterocycles. The molecule has 0 unspecified atom stereocenters. The number of aliphatic hydroxyl groups is 1.